The lowest BCUT2D eigenvalue weighted by atomic mass is 9.91. The van der Waals surface area contributed by atoms with Gasteiger partial charge in [-0.1, -0.05) is 42.5 Å². The van der Waals surface area contributed by atoms with E-state index < -0.39 is 0 Å². The summed E-state index contributed by atoms with van der Waals surface area (Å²) in [5.74, 6) is 0.788. The summed E-state index contributed by atoms with van der Waals surface area (Å²) in [4.78, 5) is 9.29. The van der Waals surface area contributed by atoms with Crippen molar-refractivity contribution >= 4 is 28.5 Å². The first-order valence-corrected chi connectivity index (χ1v) is 8.41. The fourth-order valence-electron chi connectivity index (χ4n) is 3.67. The molecule has 0 fully saturated rings. The molecular formula is C21H17N3. The lowest BCUT2D eigenvalue weighted by Crippen LogP contribution is -2.09. The van der Waals surface area contributed by atoms with E-state index in [4.69, 9.17) is 0 Å². The third-order valence-electron chi connectivity index (χ3n) is 4.74. The molecule has 1 aliphatic carbocycles. The standard InChI is InChI=1S/C21H17N3/c1-2-7-15(8-3-1)13-16-9-6-10-17-14-22-21-23-18-11-4-5-12-19(18)24(21)20(16)17/h1-5,7-8,11-14H,6,9-10H2/b16-13+. The zero-order valence-electron chi connectivity index (χ0n) is 13.3. The van der Waals surface area contributed by atoms with Crippen LogP contribution in [0.2, 0.25) is 0 Å². The molecule has 0 spiro atoms. The van der Waals surface area contributed by atoms with Crippen LogP contribution in [0.25, 0.3) is 28.5 Å². The van der Waals surface area contributed by atoms with Crippen molar-refractivity contribution < 1.29 is 0 Å². The Morgan fingerprint density at radius 1 is 0.917 bits per heavy atom. The van der Waals surface area contributed by atoms with Crippen LogP contribution in [0.3, 0.4) is 0 Å². The molecule has 2 aromatic carbocycles. The molecule has 5 rings (SSSR count). The molecular weight excluding hydrogens is 294 g/mol. The number of rotatable bonds is 1. The van der Waals surface area contributed by atoms with Gasteiger partial charge in [-0.15, -0.1) is 0 Å². The van der Waals surface area contributed by atoms with Crippen molar-refractivity contribution in [2.75, 3.05) is 0 Å². The molecule has 0 amide bonds. The van der Waals surface area contributed by atoms with Crippen LogP contribution in [0.4, 0.5) is 0 Å². The quantitative estimate of drug-likeness (QED) is 0.507. The average molecular weight is 311 g/mol. The molecule has 0 radical (unpaired) electrons. The lowest BCUT2D eigenvalue weighted by molar-refractivity contribution is 0.798. The van der Waals surface area contributed by atoms with E-state index >= 15 is 0 Å². The number of benzene rings is 2. The van der Waals surface area contributed by atoms with E-state index in [-0.39, 0.29) is 0 Å². The number of allylic oxidation sites excluding steroid dienone is 1. The summed E-state index contributed by atoms with van der Waals surface area (Å²) in [7, 11) is 0. The van der Waals surface area contributed by atoms with Gasteiger partial charge in [0.1, 0.15) is 0 Å². The highest BCUT2D eigenvalue weighted by Crippen LogP contribution is 2.34. The van der Waals surface area contributed by atoms with E-state index in [1.165, 1.54) is 28.8 Å². The Morgan fingerprint density at radius 3 is 2.67 bits per heavy atom. The zero-order valence-corrected chi connectivity index (χ0v) is 13.3. The van der Waals surface area contributed by atoms with Crippen molar-refractivity contribution in [3.63, 3.8) is 0 Å². The number of hydrogen-bond donors (Lipinski definition) is 0. The maximum Gasteiger partial charge on any atom is 0.235 e. The predicted octanol–water partition coefficient (Wildman–Crippen LogP) is 4.76. The van der Waals surface area contributed by atoms with E-state index in [2.05, 4.69) is 69.0 Å². The van der Waals surface area contributed by atoms with Crippen LogP contribution in [-0.4, -0.2) is 14.4 Å². The zero-order chi connectivity index (χ0) is 15.9. The van der Waals surface area contributed by atoms with Gasteiger partial charge in [0.2, 0.25) is 5.78 Å². The van der Waals surface area contributed by atoms with E-state index in [0.29, 0.717) is 0 Å². The monoisotopic (exact) mass is 311 g/mol. The predicted molar refractivity (Wildman–Crippen MR) is 97.7 cm³/mol. The number of nitrogens with zero attached hydrogens (tertiary/aromatic N) is 3. The van der Waals surface area contributed by atoms with Crippen LogP contribution < -0.4 is 0 Å². The highest BCUT2D eigenvalue weighted by molar-refractivity contribution is 5.87. The summed E-state index contributed by atoms with van der Waals surface area (Å²) in [5, 5.41) is 0. The topological polar surface area (TPSA) is 30.2 Å². The van der Waals surface area contributed by atoms with Gasteiger partial charge in [-0.2, -0.15) is 0 Å². The molecule has 3 heteroatoms. The minimum atomic E-state index is 0.788. The third kappa shape index (κ3) is 2.05. The van der Waals surface area contributed by atoms with Gasteiger partial charge < -0.3 is 0 Å². The van der Waals surface area contributed by atoms with Crippen molar-refractivity contribution in [2.45, 2.75) is 19.3 Å². The maximum absolute atomic E-state index is 4.69. The molecule has 24 heavy (non-hydrogen) atoms. The largest absolute Gasteiger partial charge is 0.276 e. The van der Waals surface area contributed by atoms with E-state index in [1.54, 1.807) is 0 Å². The van der Waals surface area contributed by atoms with Gasteiger partial charge in [-0.05, 0) is 54.2 Å². The number of fused-ring (bicyclic) bond motifs is 5. The highest BCUT2D eigenvalue weighted by Gasteiger charge is 2.20. The Balaban J connectivity index is 1.84. The summed E-state index contributed by atoms with van der Waals surface area (Å²) in [6.07, 6.45) is 7.66. The minimum Gasteiger partial charge on any atom is -0.276 e. The molecule has 0 saturated heterocycles. The number of para-hydroxylation sites is 2. The molecule has 0 atom stereocenters. The third-order valence-corrected chi connectivity index (χ3v) is 4.74. The second-order valence-corrected chi connectivity index (χ2v) is 6.30. The Hall–Kier alpha value is -2.94. The summed E-state index contributed by atoms with van der Waals surface area (Å²) < 4.78 is 2.23. The van der Waals surface area contributed by atoms with Crippen molar-refractivity contribution in [3.8, 4) is 0 Å². The van der Waals surface area contributed by atoms with E-state index in [1.807, 2.05) is 12.3 Å². The van der Waals surface area contributed by atoms with E-state index in [9.17, 15) is 0 Å². The SMILES string of the molecule is C(=C1/CCCc2cnc3nc4ccccc4n3c21)/c1ccccc1. The van der Waals surface area contributed by atoms with Gasteiger partial charge in [0.05, 0.1) is 16.7 Å². The second kappa shape index (κ2) is 5.31. The van der Waals surface area contributed by atoms with Gasteiger partial charge >= 0.3 is 0 Å². The highest BCUT2D eigenvalue weighted by atomic mass is 15.1. The van der Waals surface area contributed by atoms with Gasteiger partial charge in [0.15, 0.2) is 0 Å². The van der Waals surface area contributed by atoms with Crippen molar-refractivity contribution in [1.82, 2.24) is 14.4 Å². The Morgan fingerprint density at radius 2 is 1.75 bits per heavy atom. The first kappa shape index (κ1) is 13.5. The van der Waals surface area contributed by atoms with Crippen LogP contribution in [0.5, 0.6) is 0 Å². The van der Waals surface area contributed by atoms with Gasteiger partial charge in [-0.3, -0.25) is 4.40 Å². The molecule has 0 bridgehead atoms. The molecule has 2 aromatic heterocycles. The molecule has 1 aliphatic rings. The maximum atomic E-state index is 4.69. The summed E-state index contributed by atoms with van der Waals surface area (Å²) >= 11 is 0. The summed E-state index contributed by atoms with van der Waals surface area (Å²) in [6.45, 7) is 0. The molecule has 0 N–H and O–H groups in total. The Kier molecular flexibility index (Phi) is 2.98. The van der Waals surface area contributed by atoms with Gasteiger partial charge in [0.25, 0.3) is 0 Å². The first-order valence-electron chi connectivity index (χ1n) is 8.41. The van der Waals surface area contributed by atoms with Crippen LogP contribution in [0.1, 0.15) is 29.7 Å². The molecule has 2 heterocycles. The molecule has 3 nitrogen and oxygen atoms in total. The average Bonchev–Trinajstić information content (AvgIpc) is 3.01. The van der Waals surface area contributed by atoms with E-state index in [0.717, 1.165) is 29.7 Å². The summed E-state index contributed by atoms with van der Waals surface area (Å²) in [5.41, 5.74) is 7.36. The van der Waals surface area contributed by atoms with Crippen LogP contribution in [0, 0.1) is 0 Å². The number of aryl methyl sites for hydroxylation is 1. The normalized spacial score (nSPS) is 15.9. The minimum absolute atomic E-state index is 0.788. The van der Waals surface area contributed by atoms with Gasteiger partial charge in [0, 0.05) is 6.20 Å². The fourth-order valence-corrected chi connectivity index (χ4v) is 3.67. The molecule has 0 saturated carbocycles. The number of imidazole rings is 1. The number of aromatic nitrogens is 3. The van der Waals surface area contributed by atoms with Crippen molar-refractivity contribution in [2.24, 2.45) is 0 Å². The van der Waals surface area contributed by atoms with Crippen LogP contribution in [0.15, 0.2) is 60.8 Å². The van der Waals surface area contributed by atoms with Crippen molar-refractivity contribution in [3.05, 3.63) is 77.6 Å². The van der Waals surface area contributed by atoms with Crippen LogP contribution in [-0.2, 0) is 6.42 Å². The Labute approximate surface area is 140 Å². The molecule has 116 valence electrons. The fraction of sp³-hybridized carbons (Fsp3) is 0.143. The van der Waals surface area contributed by atoms with Crippen molar-refractivity contribution in [1.29, 1.82) is 0 Å². The summed E-state index contributed by atoms with van der Waals surface area (Å²) in [6, 6.07) is 18.8. The lowest BCUT2D eigenvalue weighted by Gasteiger charge is -2.20. The number of hydrogen-bond acceptors (Lipinski definition) is 2. The smallest absolute Gasteiger partial charge is 0.235 e. The van der Waals surface area contributed by atoms with Crippen LogP contribution >= 0.6 is 0 Å². The molecule has 0 aliphatic heterocycles. The Bertz CT molecular complexity index is 1070. The van der Waals surface area contributed by atoms with Gasteiger partial charge in [-0.25, -0.2) is 9.97 Å². The first-order chi connectivity index (χ1) is 11.9. The molecule has 4 aromatic rings. The molecule has 0 unspecified atom stereocenters. The second-order valence-electron chi connectivity index (χ2n) is 6.30.